The molecule has 0 radical (unpaired) electrons. The van der Waals surface area contributed by atoms with Crippen molar-refractivity contribution in [2.45, 2.75) is 44.9 Å². The number of aliphatic hydroxyl groups is 1. The van der Waals surface area contributed by atoms with Crippen LogP contribution in [0.25, 0.3) is 0 Å². The van der Waals surface area contributed by atoms with Gasteiger partial charge in [0.25, 0.3) is 0 Å². The molecule has 0 aromatic heterocycles. The molecule has 17 heavy (non-hydrogen) atoms. The summed E-state index contributed by atoms with van der Waals surface area (Å²) in [4.78, 5) is 0. The van der Waals surface area contributed by atoms with Crippen molar-refractivity contribution in [3.63, 3.8) is 0 Å². The third-order valence-electron chi connectivity index (χ3n) is 3.69. The Hall–Kier alpha value is -1.03. The Balaban J connectivity index is 2.54. The van der Waals surface area contributed by atoms with E-state index in [2.05, 4.69) is 0 Å². The third-order valence-corrected chi connectivity index (χ3v) is 3.69. The standard InChI is InChI=1S/C13H15F3O/c1-8-6-10(12(17)4-3-5-12)7-11(9(8)2)13(14,15)16/h6-7,17H,3-5H2,1-2H3. The summed E-state index contributed by atoms with van der Waals surface area (Å²) in [7, 11) is 0. The Morgan fingerprint density at radius 2 is 1.76 bits per heavy atom. The van der Waals surface area contributed by atoms with Crippen LogP contribution < -0.4 is 0 Å². The monoisotopic (exact) mass is 244 g/mol. The topological polar surface area (TPSA) is 20.2 Å². The summed E-state index contributed by atoms with van der Waals surface area (Å²) in [6.45, 7) is 3.11. The van der Waals surface area contributed by atoms with E-state index in [-0.39, 0.29) is 5.56 Å². The van der Waals surface area contributed by atoms with Gasteiger partial charge in [0, 0.05) is 0 Å². The molecule has 1 N–H and O–H groups in total. The van der Waals surface area contributed by atoms with E-state index in [9.17, 15) is 18.3 Å². The van der Waals surface area contributed by atoms with Crippen LogP contribution >= 0.6 is 0 Å². The van der Waals surface area contributed by atoms with Crippen molar-refractivity contribution in [1.29, 1.82) is 0 Å². The molecule has 4 heteroatoms. The minimum Gasteiger partial charge on any atom is -0.385 e. The van der Waals surface area contributed by atoms with Crippen LogP contribution in [0, 0.1) is 13.8 Å². The lowest BCUT2D eigenvalue weighted by atomic mass is 9.74. The van der Waals surface area contributed by atoms with Gasteiger partial charge in [0.1, 0.15) is 0 Å². The van der Waals surface area contributed by atoms with Gasteiger partial charge in [-0.2, -0.15) is 13.2 Å². The maximum atomic E-state index is 12.8. The Morgan fingerprint density at radius 3 is 2.18 bits per heavy atom. The summed E-state index contributed by atoms with van der Waals surface area (Å²) in [6, 6.07) is 2.77. The lowest BCUT2D eigenvalue weighted by Gasteiger charge is -2.37. The van der Waals surface area contributed by atoms with Crippen molar-refractivity contribution >= 4 is 0 Å². The van der Waals surface area contributed by atoms with Crippen LogP contribution in [0.2, 0.25) is 0 Å². The third kappa shape index (κ3) is 2.06. The minimum atomic E-state index is -4.36. The van der Waals surface area contributed by atoms with E-state index in [1.807, 2.05) is 0 Å². The minimum absolute atomic E-state index is 0.240. The predicted octanol–water partition coefficient (Wildman–Crippen LogP) is 3.69. The van der Waals surface area contributed by atoms with Crippen molar-refractivity contribution < 1.29 is 18.3 Å². The number of aryl methyl sites for hydroxylation is 1. The van der Waals surface area contributed by atoms with Crippen LogP contribution in [0.4, 0.5) is 13.2 Å². The summed E-state index contributed by atoms with van der Waals surface area (Å²) >= 11 is 0. The highest BCUT2D eigenvalue weighted by Crippen LogP contribution is 2.44. The highest BCUT2D eigenvalue weighted by molar-refractivity contribution is 5.42. The first kappa shape index (κ1) is 12.4. The predicted molar refractivity (Wildman–Crippen MR) is 58.7 cm³/mol. The van der Waals surface area contributed by atoms with Gasteiger partial charge in [0.2, 0.25) is 0 Å². The first-order valence-electron chi connectivity index (χ1n) is 5.65. The maximum absolute atomic E-state index is 12.8. The normalized spacial score (nSPS) is 18.9. The highest BCUT2D eigenvalue weighted by atomic mass is 19.4. The molecule has 0 amide bonds. The van der Waals surface area contributed by atoms with Crippen LogP contribution in [0.15, 0.2) is 12.1 Å². The second-order valence-electron chi connectivity index (χ2n) is 4.85. The van der Waals surface area contributed by atoms with Crippen LogP contribution in [-0.2, 0) is 11.8 Å². The first-order valence-corrected chi connectivity index (χ1v) is 5.65. The molecule has 1 aromatic rings. The van der Waals surface area contributed by atoms with E-state index in [0.29, 0.717) is 24.0 Å². The SMILES string of the molecule is Cc1cc(C2(O)CCC2)cc(C(F)(F)F)c1C. The Kier molecular flexibility index (Phi) is 2.73. The Labute approximate surface area is 98.3 Å². The molecule has 0 heterocycles. The Morgan fingerprint density at radius 1 is 1.18 bits per heavy atom. The second kappa shape index (κ2) is 3.73. The van der Waals surface area contributed by atoms with Gasteiger partial charge in [-0.15, -0.1) is 0 Å². The number of halogens is 3. The van der Waals surface area contributed by atoms with Crippen molar-refractivity contribution in [2.24, 2.45) is 0 Å². The molecule has 0 spiro atoms. The first-order chi connectivity index (χ1) is 7.74. The molecule has 0 aliphatic heterocycles. The number of rotatable bonds is 1. The summed E-state index contributed by atoms with van der Waals surface area (Å²) in [5, 5.41) is 10.1. The van der Waals surface area contributed by atoms with Gasteiger partial charge in [-0.1, -0.05) is 6.07 Å². The van der Waals surface area contributed by atoms with Crippen molar-refractivity contribution in [3.8, 4) is 0 Å². The molecule has 2 rings (SSSR count). The molecular weight excluding hydrogens is 229 g/mol. The van der Waals surface area contributed by atoms with Crippen molar-refractivity contribution in [3.05, 3.63) is 34.4 Å². The molecule has 1 aromatic carbocycles. The summed E-state index contributed by atoms with van der Waals surface area (Å²) in [6.07, 6.45) is -2.39. The molecule has 1 saturated carbocycles. The van der Waals surface area contributed by atoms with Gasteiger partial charge < -0.3 is 5.11 Å². The molecule has 1 aliphatic carbocycles. The van der Waals surface area contributed by atoms with Gasteiger partial charge in [-0.25, -0.2) is 0 Å². The largest absolute Gasteiger partial charge is 0.416 e. The van der Waals surface area contributed by atoms with Gasteiger partial charge in [0.15, 0.2) is 0 Å². The summed E-state index contributed by atoms with van der Waals surface area (Å²) in [5.41, 5.74) is -0.454. The smallest absolute Gasteiger partial charge is 0.385 e. The fourth-order valence-electron chi connectivity index (χ4n) is 2.22. The number of benzene rings is 1. The Bertz CT molecular complexity index is 445. The zero-order valence-electron chi connectivity index (χ0n) is 9.86. The van der Waals surface area contributed by atoms with E-state index in [4.69, 9.17) is 0 Å². The average molecular weight is 244 g/mol. The molecule has 1 nitrogen and oxygen atoms in total. The molecule has 1 aliphatic rings. The molecule has 1 fully saturated rings. The molecular formula is C13H15F3O. The molecule has 0 atom stereocenters. The van der Waals surface area contributed by atoms with Crippen LogP contribution in [0.3, 0.4) is 0 Å². The van der Waals surface area contributed by atoms with Crippen molar-refractivity contribution in [2.75, 3.05) is 0 Å². The fraction of sp³-hybridized carbons (Fsp3) is 0.538. The lowest BCUT2D eigenvalue weighted by molar-refractivity contribution is -0.138. The zero-order valence-corrected chi connectivity index (χ0v) is 9.86. The van der Waals surface area contributed by atoms with E-state index >= 15 is 0 Å². The lowest BCUT2D eigenvalue weighted by Crippen LogP contribution is -2.34. The number of hydrogen-bond donors (Lipinski definition) is 1. The maximum Gasteiger partial charge on any atom is 0.416 e. The van der Waals surface area contributed by atoms with Gasteiger partial charge in [-0.05, 0) is 55.9 Å². The molecule has 0 saturated heterocycles. The fourth-order valence-corrected chi connectivity index (χ4v) is 2.22. The van der Waals surface area contributed by atoms with E-state index < -0.39 is 17.3 Å². The van der Waals surface area contributed by atoms with Gasteiger partial charge in [-0.3, -0.25) is 0 Å². The van der Waals surface area contributed by atoms with Crippen LogP contribution in [0.1, 0.15) is 41.5 Å². The number of alkyl halides is 3. The van der Waals surface area contributed by atoms with Gasteiger partial charge in [0.05, 0.1) is 11.2 Å². The average Bonchev–Trinajstić information content (AvgIpc) is 2.16. The van der Waals surface area contributed by atoms with E-state index in [1.165, 1.54) is 6.92 Å². The van der Waals surface area contributed by atoms with E-state index in [0.717, 1.165) is 12.5 Å². The summed E-state index contributed by atoms with van der Waals surface area (Å²) in [5.74, 6) is 0. The zero-order chi connectivity index (χ0) is 12.8. The number of hydrogen-bond acceptors (Lipinski definition) is 1. The quantitative estimate of drug-likeness (QED) is 0.798. The van der Waals surface area contributed by atoms with Crippen molar-refractivity contribution in [1.82, 2.24) is 0 Å². The highest BCUT2D eigenvalue weighted by Gasteiger charge is 2.39. The van der Waals surface area contributed by atoms with Crippen LogP contribution in [-0.4, -0.2) is 5.11 Å². The molecule has 0 unspecified atom stereocenters. The van der Waals surface area contributed by atoms with E-state index in [1.54, 1.807) is 13.0 Å². The van der Waals surface area contributed by atoms with Gasteiger partial charge >= 0.3 is 6.18 Å². The molecule has 94 valence electrons. The molecule has 0 bridgehead atoms. The van der Waals surface area contributed by atoms with Crippen LogP contribution in [0.5, 0.6) is 0 Å². The summed E-state index contributed by atoms with van der Waals surface area (Å²) < 4.78 is 38.5. The second-order valence-corrected chi connectivity index (χ2v) is 4.85.